The van der Waals surface area contributed by atoms with Crippen LogP contribution in [-0.2, 0) is 11.2 Å². The van der Waals surface area contributed by atoms with E-state index in [1.807, 2.05) is 0 Å². The number of rotatable bonds is 7. The summed E-state index contributed by atoms with van der Waals surface area (Å²) in [5.41, 5.74) is 2.36. The number of aryl methyl sites for hydroxylation is 1. The molecule has 0 saturated carbocycles. The van der Waals surface area contributed by atoms with Crippen LogP contribution in [0.5, 0.6) is 11.5 Å². The summed E-state index contributed by atoms with van der Waals surface area (Å²) >= 11 is 0. The minimum atomic E-state index is -0.212. The Hall–Kier alpha value is -2.49. The molecule has 2 N–H and O–H groups in total. The second kappa shape index (κ2) is 8.39. The van der Waals surface area contributed by atoms with Crippen molar-refractivity contribution in [2.24, 2.45) is 5.92 Å². The van der Waals surface area contributed by atoms with Crippen molar-refractivity contribution >= 4 is 5.91 Å². The molecule has 4 nitrogen and oxygen atoms in total. The topological polar surface area (TPSA) is 58.6 Å². The van der Waals surface area contributed by atoms with Crippen LogP contribution in [0.15, 0.2) is 48.5 Å². The monoisotopic (exact) mass is 327 g/mol. The number of aromatic hydroxyl groups is 1. The highest BCUT2D eigenvalue weighted by Crippen LogP contribution is 2.25. The van der Waals surface area contributed by atoms with E-state index in [1.54, 1.807) is 18.2 Å². The fraction of sp³-hybridized carbons (Fsp3) is 0.350. The standard InChI is InChI=1S/C20H25NO3/c1-4-15-9-11-16(12-10-15)20(14(2)3)21-19(23)13-24-18-8-6-5-7-17(18)22/h5-12,14,20,22H,4,13H2,1-3H3,(H,21,23). The summed E-state index contributed by atoms with van der Waals surface area (Å²) in [7, 11) is 0. The second-order valence-corrected chi connectivity index (χ2v) is 6.14. The van der Waals surface area contributed by atoms with Gasteiger partial charge in [-0.25, -0.2) is 0 Å². The van der Waals surface area contributed by atoms with Crippen molar-refractivity contribution in [1.82, 2.24) is 5.32 Å². The van der Waals surface area contributed by atoms with Gasteiger partial charge in [0.25, 0.3) is 5.91 Å². The molecule has 1 unspecified atom stereocenters. The number of benzene rings is 2. The zero-order chi connectivity index (χ0) is 17.5. The van der Waals surface area contributed by atoms with E-state index in [4.69, 9.17) is 4.74 Å². The molecule has 2 aromatic rings. The molecule has 2 rings (SSSR count). The molecule has 1 amide bonds. The molecule has 1 atom stereocenters. The SMILES string of the molecule is CCc1ccc(C(NC(=O)COc2ccccc2O)C(C)C)cc1. The molecule has 0 bridgehead atoms. The molecule has 0 aliphatic rings. The first-order valence-corrected chi connectivity index (χ1v) is 8.30. The van der Waals surface area contributed by atoms with Crippen LogP contribution >= 0.6 is 0 Å². The Kier molecular flexibility index (Phi) is 6.24. The van der Waals surface area contributed by atoms with E-state index in [0.29, 0.717) is 5.75 Å². The van der Waals surface area contributed by atoms with Gasteiger partial charge in [0.1, 0.15) is 0 Å². The van der Waals surface area contributed by atoms with Gasteiger partial charge in [-0.15, -0.1) is 0 Å². The van der Waals surface area contributed by atoms with Crippen LogP contribution in [0.2, 0.25) is 0 Å². The number of phenols is 1. The van der Waals surface area contributed by atoms with Crippen LogP contribution < -0.4 is 10.1 Å². The van der Waals surface area contributed by atoms with Crippen molar-refractivity contribution in [3.8, 4) is 11.5 Å². The normalized spacial score (nSPS) is 12.0. The highest BCUT2D eigenvalue weighted by molar-refractivity contribution is 5.78. The van der Waals surface area contributed by atoms with Crippen LogP contribution in [0.4, 0.5) is 0 Å². The van der Waals surface area contributed by atoms with E-state index < -0.39 is 0 Å². The molecule has 128 valence electrons. The molecule has 0 aliphatic heterocycles. The van der Waals surface area contributed by atoms with Gasteiger partial charge in [-0.2, -0.15) is 0 Å². The van der Waals surface area contributed by atoms with Crippen molar-refractivity contribution in [1.29, 1.82) is 0 Å². The van der Waals surface area contributed by atoms with Crippen molar-refractivity contribution < 1.29 is 14.6 Å². The predicted octanol–water partition coefficient (Wildman–Crippen LogP) is 3.85. The average molecular weight is 327 g/mol. The number of para-hydroxylation sites is 2. The quantitative estimate of drug-likeness (QED) is 0.812. The first-order chi connectivity index (χ1) is 11.5. The van der Waals surface area contributed by atoms with Crippen molar-refractivity contribution in [3.05, 3.63) is 59.7 Å². The van der Waals surface area contributed by atoms with Gasteiger partial charge in [-0.3, -0.25) is 4.79 Å². The minimum absolute atomic E-state index is 0.0286. The lowest BCUT2D eigenvalue weighted by Gasteiger charge is -2.23. The van der Waals surface area contributed by atoms with Crippen LogP contribution in [0.3, 0.4) is 0 Å². The van der Waals surface area contributed by atoms with E-state index in [9.17, 15) is 9.90 Å². The summed E-state index contributed by atoms with van der Waals surface area (Å²) in [6.45, 7) is 6.13. The Bertz CT molecular complexity index is 665. The largest absolute Gasteiger partial charge is 0.504 e. The van der Waals surface area contributed by atoms with Gasteiger partial charge in [0.15, 0.2) is 18.1 Å². The second-order valence-electron chi connectivity index (χ2n) is 6.14. The third-order valence-corrected chi connectivity index (χ3v) is 3.95. The number of carbonyl (C=O) groups is 1. The molecule has 2 aromatic carbocycles. The van der Waals surface area contributed by atoms with E-state index >= 15 is 0 Å². The first kappa shape index (κ1) is 17.9. The van der Waals surface area contributed by atoms with E-state index in [-0.39, 0.29) is 30.2 Å². The minimum Gasteiger partial charge on any atom is -0.504 e. The lowest BCUT2D eigenvalue weighted by atomic mass is 9.95. The maximum Gasteiger partial charge on any atom is 0.258 e. The van der Waals surface area contributed by atoms with Gasteiger partial charge in [0.2, 0.25) is 0 Å². The van der Waals surface area contributed by atoms with E-state index in [2.05, 4.69) is 50.4 Å². The number of amides is 1. The van der Waals surface area contributed by atoms with Crippen LogP contribution in [0, 0.1) is 5.92 Å². The fourth-order valence-electron chi connectivity index (χ4n) is 2.53. The molecule has 4 heteroatoms. The summed E-state index contributed by atoms with van der Waals surface area (Å²) in [5.74, 6) is 0.380. The van der Waals surface area contributed by atoms with E-state index in [0.717, 1.165) is 12.0 Å². The highest BCUT2D eigenvalue weighted by atomic mass is 16.5. The third-order valence-electron chi connectivity index (χ3n) is 3.95. The third kappa shape index (κ3) is 4.75. The van der Waals surface area contributed by atoms with Crippen LogP contribution in [-0.4, -0.2) is 17.6 Å². The zero-order valence-electron chi connectivity index (χ0n) is 14.5. The molecule has 24 heavy (non-hydrogen) atoms. The summed E-state index contributed by atoms with van der Waals surface area (Å²) in [5, 5.41) is 12.7. The van der Waals surface area contributed by atoms with Gasteiger partial charge < -0.3 is 15.2 Å². The summed E-state index contributed by atoms with van der Waals surface area (Å²) in [4.78, 5) is 12.2. The molecule has 0 spiro atoms. The summed E-state index contributed by atoms with van der Waals surface area (Å²) < 4.78 is 5.39. The molecule has 0 aliphatic carbocycles. The highest BCUT2D eigenvalue weighted by Gasteiger charge is 2.18. The van der Waals surface area contributed by atoms with Gasteiger partial charge in [0.05, 0.1) is 6.04 Å². The Morgan fingerprint density at radius 1 is 1.12 bits per heavy atom. The molecule has 0 fully saturated rings. The first-order valence-electron chi connectivity index (χ1n) is 8.30. The van der Waals surface area contributed by atoms with Crippen molar-refractivity contribution in [2.75, 3.05) is 6.61 Å². The number of hydrogen-bond acceptors (Lipinski definition) is 3. The Morgan fingerprint density at radius 2 is 1.79 bits per heavy atom. The molecule has 0 saturated heterocycles. The molecular weight excluding hydrogens is 302 g/mol. The summed E-state index contributed by atoms with van der Waals surface area (Å²) in [6.07, 6.45) is 0.993. The lowest BCUT2D eigenvalue weighted by Crippen LogP contribution is -2.35. The van der Waals surface area contributed by atoms with Gasteiger partial charge in [-0.1, -0.05) is 57.2 Å². The van der Waals surface area contributed by atoms with Crippen molar-refractivity contribution in [3.63, 3.8) is 0 Å². The number of nitrogens with one attached hydrogen (secondary N) is 1. The van der Waals surface area contributed by atoms with Gasteiger partial charge in [-0.05, 0) is 35.6 Å². The molecule has 0 radical (unpaired) electrons. The van der Waals surface area contributed by atoms with E-state index in [1.165, 1.54) is 11.6 Å². The maximum atomic E-state index is 12.2. The zero-order valence-corrected chi connectivity index (χ0v) is 14.5. The Labute approximate surface area is 143 Å². The number of carbonyl (C=O) groups excluding carboxylic acids is 1. The number of phenolic OH excluding ortho intramolecular Hbond substituents is 1. The smallest absolute Gasteiger partial charge is 0.258 e. The molecular formula is C20H25NO3. The Morgan fingerprint density at radius 3 is 2.38 bits per heavy atom. The number of ether oxygens (including phenoxy) is 1. The molecule has 0 heterocycles. The number of hydrogen-bond donors (Lipinski definition) is 2. The van der Waals surface area contributed by atoms with Gasteiger partial charge >= 0.3 is 0 Å². The lowest BCUT2D eigenvalue weighted by molar-refractivity contribution is -0.124. The Balaban J connectivity index is 1.99. The predicted molar refractivity (Wildman–Crippen MR) is 95.1 cm³/mol. The van der Waals surface area contributed by atoms with Crippen LogP contribution in [0.25, 0.3) is 0 Å². The maximum absolute atomic E-state index is 12.2. The fourth-order valence-corrected chi connectivity index (χ4v) is 2.53. The molecule has 0 aromatic heterocycles. The van der Waals surface area contributed by atoms with Gasteiger partial charge in [0, 0.05) is 0 Å². The van der Waals surface area contributed by atoms with Crippen LogP contribution in [0.1, 0.15) is 37.9 Å². The van der Waals surface area contributed by atoms with Crippen molar-refractivity contribution in [2.45, 2.75) is 33.2 Å². The summed E-state index contributed by atoms with van der Waals surface area (Å²) in [6, 6.07) is 14.9. The average Bonchev–Trinajstić information content (AvgIpc) is 2.59.